The number of allylic oxidation sites excluding steroid dienone is 3. The van der Waals surface area contributed by atoms with E-state index in [2.05, 4.69) is 6.58 Å². The smallest absolute Gasteiger partial charge is 0.241 e. The molecule has 1 saturated carbocycles. The Bertz CT molecular complexity index is 1640. The van der Waals surface area contributed by atoms with Crippen LogP contribution in [0.2, 0.25) is 5.02 Å². The first-order valence-electron chi connectivity index (χ1n) is 14.6. The highest BCUT2D eigenvalue weighted by Gasteiger charge is 2.68. The Morgan fingerprint density at radius 2 is 1.81 bits per heavy atom. The fourth-order valence-electron chi connectivity index (χ4n) is 8.06. The first-order valence-corrected chi connectivity index (χ1v) is 14.9. The fourth-order valence-corrected chi connectivity index (χ4v) is 8.23. The van der Waals surface area contributed by atoms with Crippen molar-refractivity contribution < 1.29 is 28.7 Å². The predicted molar refractivity (Wildman–Crippen MR) is 160 cm³/mol. The summed E-state index contributed by atoms with van der Waals surface area (Å²) in [7, 11) is 0. The molecule has 1 N–H and O–H groups in total. The largest absolute Gasteiger partial charge is 0.507 e. The quantitative estimate of drug-likeness (QED) is 0.344. The third-order valence-corrected chi connectivity index (χ3v) is 10.2. The molecule has 2 aromatic carbocycles. The lowest BCUT2D eigenvalue weighted by Crippen LogP contribution is -2.49. The summed E-state index contributed by atoms with van der Waals surface area (Å²) >= 11 is 6.06. The lowest BCUT2D eigenvalue weighted by atomic mass is 9.51. The number of aromatic hydroxyl groups is 1. The molecule has 2 heterocycles. The number of fused-ring (bicyclic) bond motifs is 4. The van der Waals surface area contributed by atoms with Gasteiger partial charge in [0, 0.05) is 17.0 Å². The Morgan fingerprint density at radius 1 is 1.09 bits per heavy atom. The van der Waals surface area contributed by atoms with Gasteiger partial charge in [-0.05, 0) is 76.6 Å². The van der Waals surface area contributed by atoms with E-state index >= 15 is 0 Å². The average molecular weight is 605 g/mol. The van der Waals surface area contributed by atoms with Crippen molar-refractivity contribution >= 4 is 40.9 Å². The van der Waals surface area contributed by atoms with E-state index < -0.39 is 58.2 Å². The number of likely N-dealkylation sites (tertiary alicyclic amines) is 1. The highest BCUT2D eigenvalue weighted by Crippen LogP contribution is 2.64. The van der Waals surface area contributed by atoms with Crippen molar-refractivity contribution in [3.05, 3.63) is 82.7 Å². The molecular weight excluding hydrogens is 571 g/mol. The number of rotatable bonds is 4. The molecule has 4 amide bonds. The van der Waals surface area contributed by atoms with E-state index in [0.717, 1.165) is 16.5 Å². The van der Waals surface area contributed by atoms with Gasteiger partial charge in [0.1, 0.15) is 11.6 Å². The molecular formula is C34H34ClFN2O5. The summed E-state index contributed by atoms with van der Waals surface area (Å²) in [4.78, 5) is 58.7. The lowest BCUT2D eigenvalue weighted by Gasteiger charge is -2.49. The molecule has 2 aromatic rings. The molecule has 6 rings (SSSR count). The van der Waals surface area contributed by atoms with Crippen molar-refractivity contribution in [3.63, 3.8) is 0 Å². The number of anilines is 1. The van der Waals surface area contributed by atoms with Crippen molar-refractivity contribution in [1.82, 2.24) is 4.90 Å². The second-order valence-electron chi connectivity index (χ2n) is 13.3. The third-order valence-electron chi connectivity index (χ3n) is 9.93. The Kier molecular flexibility index (Phi) is 6.73. The second kappa shape index (κ2) is 9.88. The van der Waals surface area contributed by atoms with Gasteiger partial charge in [-0.1, -0.05) is 47.5 Å². The van der Waals surface area contributed by atoms with Gasteiger partial charge in [-0.2, -0.15) is 0 Å². The van der Waals surface area contributed by atoms with Crippen LogP contribution in [0.3, 0.4) is 0 Å². The minimum absolute atomic E-state index is 0.00437. The molecule has 0 bridgehead atoms. The highest BCUT2D eigenvalue weighted by molar-refractivity contribution is 6.31. The number of halogens is 2. The summed E-state index contributed by atoms with van der Waals surface area (Å²) in [6.07, 6.45) is 4.51. The molecule has 7 nitrogen and oxygen atoms in total. The Balaban J connectivity index is 1.55. The van der Waals surface area contributed by atoms with Crippen LogP contribution in [0.1, 0.15) is 57.6 Å². The van der Waals surface area contributed by atoms with Crippen LogP contribution in [0, 0.1) is 34.9 Å². The molecule has 4 aliphatic rings. The molecule has 0 spiro atoms. The van der Waals surface area contributed by atoms with Crippen LogP contribution in [-0.2, 0) is 25.6 Å². The molecule has 0 radical (unpaired) electrons. The predicted octanol–water partition coefficient (Wildman–Crippen LogP) is 5.94. The maximum absolute atomic E-state index is 14.5. The van der Waals surface area contributed by atoms with E-state index in [1.165, 1.54) is 17.0 Å². The van der Waals surface area contributed by atoms with Gasteiger partial charge < -0.3 is 5.11 Å². The standard InChI is InChI=1S/C34H34ClFN2O5/c1-6-8-17-9-7-10-21(28(17)39)27-19-12-13-20-26(31(42)38(29(20)40)33(2,3)4)22(19)16-23-30(41)37(32(43)34(23,27)5)18-11-14-25(36)24(35)15-18/h6-7,9-12,14-15,20,22-23,26-27,39H,1,8,13,16H2,2-5H3/t20-,22+,23-,26-,27+,34+/m0/s1. The Morgan fingerprint density at radius 3 is 2.47 bits per heavy atom. The number of carbonyl (C=O) groups is 4. The molecule has 2 aliphatic heterocycles. The fraction of sp³-hybridized carbons (Fsp3) is 0.412. The summed E-state index contributed by atoms with van der Waals surface area (Å²) in [6, 6.07) is 9.04. The van der Waals surface area contributed by atoms with E-state index in [-0.39, 0.29) is 34.7 Å². The lowest BCUT2D eigenvalue weighted by molar-refractivity contribution is -0.145. The summed E-state index contributed by atoms with van der Waals surface area (Å²) in [6.45, 7) is 11.0. The number of nitrogens with zero attached hydrogens (tertiary/aromatic N) is 2. The van der Waals surface area contributed by atoms with Crippen LogP contribution < -0.4 is 4.90 Å². The Hall–Kier alpha value is -3.78. The molecule has 6 atom stereocenters. The minimum atomic E-state index is -1.34. The van der Waals surface area contributed by atoms with Gasteiger partial charge in [0.15, 0.2) is 0 Å². The van der Waals surface area contributed by atoms with Crippen LogP contribution in [0.5, 0.6) is 5.75 Å². The van der Waals surface area contributed by atoms with Gasteiger partial charge in [-0.15, -0.1) is 6.58 Å². The van der Waals surface area contributed by atoms with Gasteiger partial charge in [0.05, 0.1) is 33.9 Å². The summed E-state index contributed by atoms with van der Waals surface area (Å²) in [5.74, 6) is -5.52. The normalized spacial score (nSPS) is 30.3. The van der Waals surface area contributed by atoms with Crippen LogP contribution in [0.25, 0.3) is 0 Å². The van der Waals surface area contributed by atoms with Gasteiger partial charge in [0.25, 0.3) is 0 Å². The number of phenols is 1. The summed E-state index contributed by atoms with van der Waals surface area (Å²) in [5.41, 5.74) is -0.0277. The van der Waals surface area contributed by atoms with Crippen molar-refractivity contribution in [3.8, 4) is 5.75 Å². The number of hydrogen-bond acceptors (Lipinski definition) is 5. The Labute approximate surface area is 255 Å². The van der Waals surface area contributed by atoms with Gasteiger partial charge >= 0.3 is 0 Å². The average Bonchev–Trinajstić information content (AvgIpc) is 3.31. The molecule has 224 valence electrons. The highest BCUT2D eigenvalue weighted by atomic mass is 35.5. The van der Waals surface area contributed by atoms with Crippen LogP contribution in [0.15, 0.2) is 60.7 Å². The number of imide groups is 2. The molecule has 9 heteroatoms. The van der Waals surface area contributed by atoms with E-state index in [4.69, 9.17) is 11.6 Å². The molecule has 0 unspecified atom stereocenters. The molecule has 2 saturated heterocycles. The topological polar surface area (TPSA) is 95.0 Å². The zero-order valence-electron chi connectivity index (χ0n) is 24.6. The zero-order valence-corrected chi connectivity index (χ0v) is 25.3. The van der Waals surface area contributed by atoms with E-state index in [9.17, 15) is 28.7 Å². The SMILES string of the molecule is C=CCc1cccc([C@H]2C3=CC[C@@H]4C(=O)N(C(C)(C)C)C(=O)[C@@H]4[C@@H]3C[C@H]3C(=O)N(c4ccc(F)c(Cl)c4)C(=O)[C@@]23C)c1O. The van der Waals surface area contributed by atoms with Crippen molar-refractivity contribution in [1.29, 1.82) is 0 Å². The van der Waals surface area contributed by atoms with Crippen molar-refractivity contribution in [2.75, 3.05) is 4.90 Å². The molecule has 0 aromatic heterocycles. The zero-order chi connectivity index (χ0) is 31.2. The molecule has 3 fully saturated rings. The van der Waals surface area contributed by atoms with E-state index in [1.54, 1.807) is 31.2 Å². The summed E-state index contributed by atoms with van der Waals surface area (Å²) in [5, 5.41) is 11.3. The second-order valence-corrected chi connectivity index (χ2v) is 13.7. The molecule has 2 aliphatic carbocycles. The van der Waals surface area contributed by atoms with Crippen molar-refractivity contribution in [2.24, 2.45) is 29.1 Å². The minimum Gasteiger partial charge on any atom is -0.507 e. The van der Waals surface area contributed by atoms with Gasteiger partial charge in [0.2, 0.25) is 23.6 Å². The summed E-state index contributed by atoms with van der Waals surface area (Å²) < 4.78 is 14.1. The maximum Gasteiger partial charge on any atom is 0.241 e. The number of carbonyl (C=O) groups excluding carboxylic acids is 4. The van der Waals surface area contributed by atoms with Gasteiger partial charge in [-0.3, -0.25) is 24.1 Å². The van der Waals surface area contributed by atoms with Crippen LogP contribution in [0.4, 0.5) is 10.1 Å². The first-order chi connectivity index (χ1) is 20.2. The maximum atomic E-state index is 14.5. The third kappa shape index (κ3) is 4.05. The van der Waals surface area contributed by atoms with E-state index in [1.807, 2.05) is 26.8 Å². The monoisotopic (exact) mass is 604 g/mol. The number of phenolic OH excluding ortho intramolecular Hbond substituents is 1. The number of benzene rings is 2. The molecule has 43 heavy (non-hydrogen) atoms. The number of para-hydroxylation sites is 1. The van der Waals surface area contributed by atoms with Crippen molar-refractivity contribution in [2.45, 2.75) is 58.4 Å². The van der Waals surface area contributed by atoms with E-state index in [0.29, 0.717) is 24.0 Å². The first kappa shape index (κ1) is 29.3. The van der Waals surface area contributed by atoms with Gasteiger partial charge in [-0.25, -0.2) is 9.29 Å². The number of amides is 4. The van der Waals surface area contributed by atoms with Crippen LogP contribution >= 0.6 is 11.6 Å². The van der Waals surface area contributed by atoms with Crippen LogP contribution in [-0.4, -0.2) is 39.2 Å². The number of hydrogen-bond donors (Lipinski definition) is 1.